The molecule has 0 bridgehead atoms. The summed E-state index contributed by atoms with van der Waals surface area (Å²) in [6.45, 7) is 3.30. The van der Waals surface area contributed by atoms with Gasteiger partial charge in [-0.15, -0.1) is 21.5 Å². The van der Waals surface area contributed by atoms with Crippen LogP contribution in [0.5, 0.6) is 0 Å². The van der Waals surface area contributed by atoms with Crippen LogP contribution < -0.4 is 5.32 Å². The van der Waals surface area contributed by atoms with Crippen LogP contribution in [0.15, 0.2) is 15.7 Å². The minimum absolute atomic E-state index is 0.0719. The molecule has 0 saturated carbocycles. The number of methoxy groups -OCH3 is 1. The van der Waals surface area contributed by atoms with Crippen molar-refractivity contribution in [1.82, 2.24) is 15.5 Å². The Hall–Kier alpha value is -1.38. The predicted molar refractivity (Wildman–Crippen MR) is 94.4 cm³/mol. The summed E-state index contributed by atoms with van der Waals surface area (Å²) in [4.78, 5) is 14.1. The Morgan fingerprint density at radius 2 is 2.42 bits per heavy atom. The molecule has 0 aromatic carbocycles. The van der Waals surface area contributed by atoms with E-state index in [2.05, 4.69) is 28.5 Å². The zero-order valence-corrected chi connectivity index (χ0v) is 15.5. The lowest BCUT2D eigenvalue weighted by molar-refractivity contribution is -0.118. The van der Waals surface area contributed by atoms with E-state index in [1.807, 2.05) is 0 Å². The summed E-state index contributed by atoms with van der Waals surface area (Å²) in [6.07, 6.45) is 3.51. The fourth-order valence-corrected chi connectivity index (χ4v) is 4.37. The van der Waals surface area contributed by atoms with Gasteiger partial charge in [0.25, 0.3) is 11.1 Å². The zero-order valence-electron chi connectivity index (χ0n) is 13.8. The number of aryl methyl sites for hydroxylation is 1. The standard InChI is InChI=1S/C16H21N3O3S2/c1-10-3-4-12-11(7-10)8-13(24-12)15-18-19-16(22-15)23-9-14(20)17-5-6-21-2/h8,10H,3-7,9H2,1-2H3,(H,17,20)/t10-/m0/s1. The third kappa shape index (κ3) is 4.37. The molecular weight excluding hydrogens is 346 g/mol. The smallest absolute Gasteiger partial charge is 0.277 e. The second-order valence-electron chi connectivity index (χ2n) is 5.91. The zero-order chi connectivity index (χ0) is 16.9. The van der Waals surface area contributed by atoms with E-state index in [9.17, 15) is 4.79 Å². The summed E-state index contributed by atoms with van der Waals surface area (Å²) in [7, 11) is 1.60. The van der Waals surface area contributed by atoms with Crippen LogP contribution in [-0.4, -0.2) is 42.1 Å². The maximum atomic E-state index is 11.7. The maximum Gasteiger partial charge on any atom is 0.277 e. The number of hydrogen-bond acceptors (Lipinski definition) is 7. The van der Waals surface area contributed by atoms with E-state index < -0.39 is 0 Å². The number of aromatic nitrogens is 2. The molecule has 24 heavy (non-hydrogen) atoms. The molecule has 0 aliphatic heterocycles. The number of amides is 1. The molecule has 0 unspecified atom stereocenters. The van der Waals surface area contributed by atoms with E-state index in [4.69, 9.17) is 9.15 Å². The predicted octanol–water partition coefficient (Wildman–Crippen LogP) is 2.78. The molecule has 0 radical (unpaired) electrons. The Labute approximate surface area is 149 Å². The number of rotatable bonds is 7. The van der Waals surface area contributed by atoms with Gasteiger partial charge in [-0.05, 0) is 36.8 Å². The van der Waals surface area contributed by atoms with Gasteiger partial charge in [0.05, 0.1) is 17.2 Å². The quantitative estimate of drug-likeness (QED) is 0.599. The molecule has 6 nitrogen and oxygen atoms in total. The lowest BCUT2D eigenvalue weighted by atomic mass is 9.90. The SMILES string of the molecule is COCCNC(=O)CSc1nnc(-c2cc3c(s2)CC[C@H](C)C3)o1. The van der Waals surface area contributed by atoms with E-state index in [0.29, 0.717) is 24.3 Å². The second-order valence-corrected chi connectivity index (χ2v) is 7.97. The summed E-state index contributed by atoms with van der Waals surface area (Å²) in [5.74, 6) is 1.47. The Kier molecular flexibility index (Phi) is 5.91. The van der Waals surface area contributed by atoms with Gasteiger partial charge in [0.2, 0.25) is 5.91 Å². The van der Waals surface area contributed by atoms with Gasteiger partial charge in [-0.1, -0.05) is 18.7 Å². The topological polar surface area (TPSA) is 77.2 Å². The highest BCUT2D eigenvalue weighted by Gasteiger charge is 2.21. The molecule has 130 valence electrons. The van der Waals surface area contributed by atoms with E-state index >= 15 is 0 Å². The first-order valence-corrected chi connectivity index (χ1v) is 9.80. The molecule has 2 heterocycles. The Morgan fingerprint density at radius 1 is 1.54 bits per heavy atom. The molecular formula is C16H21N3O3S2. The van der Waals surface area contributed by atoms with Crippen molar-refractivity contribution in [2.24, 2.45) is 5.92 Å². The first-order chi connectivity index (χ1) is 11.7. The van der Waals surface area contributed by atoms with Crippen molar-refractivity contribution >= 4 is 29.0 Å². The van der Waals surface area contributed by atoms with Crippen LogP contribution in [0.3, 0.4) is 0 Å². The Bertz CT molecular complexity index is 699. The van der Waals surface area contributed by atoms with Gasteiger partial charge in [-0.25, -0.2) is 0 Å². The van der Waals surface area contributed by atoms with Crippen LogP contribution in [0.25, 0.3) is 10.8 Å². The average molecular weight is 367 g/mol. The van der Waals surface area contributed by atoms with Crippen LogP contribution >= 0.6 is 23.1 Å². The fraction of sp³-hybridized carbons (Fsp3) is 0.562. The minimum atomic E-state index is -0.0719. The molecule has 2 aromatic heterocycles. The fourth-order valence-electron chi connectivity index (χ4n) is 2.65. The Balaban J connectivity index is 1.57. The number of hydrogen-bond donors (Lipinski definition) is 1. The molecule has 8 heteroatoms. The molecule has 0 spiro atoms. The van der Waals surface area contributed by atoms with Crippen LogP contribution in [-0.2, 0) is 22.4 Å². The summed E-state index contributed by atoms with van der Waals surface area (Å²) in [5.41, 5.74) is 1.42. The van der Waals surface area contributed by atoms with Gasteiger partial charge in [0.15, 0.2) is 0 Å². The van der Waals surface area contributed by atoms with Crippen molar-refractivity contribution in [3.63, 3.8) is 0 Å². The molecule has 0 fully saturated rings. The highest BCUT2D eigenvalue weighted by Crippen LogP contribution is 2.37. The van der Waals surface area contributed by atoms with Crippen LogP contribution in [0.2, 0.25) is 0 Å². The van der Waals surface area contributed by atoms with E-state index in [0.717, 1.165) is 23.6 Å². The highest BCUT2D eigenvalue weighted by molar-refractivity contribution is 7.99. The number of nitrogens with zero attached hydrogens (tertiary/aromatic N) is 2. The normalized spacial score (nSPS) is 16.8. The van der Waals surface area contributed by atoms with E-state index in [1.165, 1.54) is 28.6 Å². The number of thiophene rings is 1. The summed E-state index contributed by atoms with van der Waals surface area (Å²) in [6, 6.07) is 2.18. The van der Waals surface area contributed by atoms with Gasteiger partial charge in [0, 0.05) is 18.5 Å². The summed E-state index contributed by atoms with van der Waals surface area (Å²) in [5, 5.41) is 11.3. The lowest BCUT2D eigenvalue weighted by Gasteiger charge is -2.16. The van der Waals surface area contributed by atoms with Crippen molar-refractivity contribution in [3.8, 4) is 10.8 Å². The van der Waals surface area contributed by atoms with Gasteiger partial charge >= 0.3 is 0 Å². The van der Waals surface area contributed by atoms with Crippen LogP contribution in [0.1, 0.15) is 23.8 Å². The summed E-state index contributed by atoms with van der Waals surface area (Å²) >= 11 is 2.99. The second kappa shape index (κ2) is 8.13. The average Bonchev–Trinajstić information content (AvgIpc) is 3.19. The molecule has 1 aliphatic carbocycles. The lowest BCUT2D eigenvalue weighted by Crippen LogP contribution is -2.28. The molecule has 1 atom stereocenters. The third-order valence-electron chi connectivity index (χ3n) is 3.90. The summed E-state index contributed by atoms with van der Waals surface area (Å²) < 4.78 is 10.6. The number of nitrogens with one attached hydrogen (secondary N) is 1. The van der Waals surface area contributed by atoms with Gasteiger partial charge in [0.1, 0.15) is 0 Å². The largest absolute Gasteiger partial charge is 0.410 e. The Morgan fingerprint density at radius 3 is 3.25 bits per heavy atom. The van der Waals surface area contributed by atoms with E-state index in [1.54, 1.807) is 18.4 Å². The van der Waals surface area contributed by atoms with Gasteiger partial charge in [-0.3, -0.25) is 4.79 Å². The van der Waals surface area contributed by atoms with Gasteiger partial charge < -0.3 is 14.5 Å². The molecule has 1 aliphatic rings. The first-order valence-electron chi connectivity index (χ1n) is 7.99. The highest BCUT2D eigenvalue weighted by atomic mass is 32.2. The van der Waals surface area contributed by atoms with Crippen molar-refractivity contribution < 1.29 is 13.9 Å². The number of thioether (sulfide) groups is 1. The molecule has 3 rings (SSSR count). The van der Waals surface area contributed by atoms with Crippen LogP contribution in [0, 0.1) is 5.92 Å². The van der Waals surface area contributed by atoms with E-state index in [-0.39, 0.29) is 11.7 Å². The van der Waals surface area contributed by atoms with Crippen molar-refractivity contribution in [2.45, 2.75) is 31.4 Å². The molecule has 1 amide bonds. The molecule has 0 saturated heterocycles. The monoisotopic (exact) mass is 367 g/mol. The number of carbonyl (C=O) groups is 1. The number of fused-ring (bicyclic) bond motifs is 1. The maximum absolute atomic E-state index is 11.7. The third-order valence-corrected chi connectivity index (χ3v) is 5.95. The molecule has 2 aromatic rings. The van der Waals surface area contributed by atoms with Crippen molar-refractivity contribution in [3.05, 3.63) is 16.5 Å². The minimum Gasteiger partial charge on any atom is -0.410 e. The number of carbonyl (C=O) groups excluding carboxylic acids is 1. The number of ether oxygens (including phenoxy) is 1. The van der Waals surface area contributed by atoms with Crippen molar-refractivity contribution in [2.75, 3.05) is 26.0 Å². The van der Waals surface area contributed by atoms with Crippen molar-refractivity contribution in [1.29, 1.82) is 0 Å². The molecule has 1 N–H and O–H groups in total. The van der Waals surface area contributed by atoms with Gasteiger partial charge in [-0.2, -0.15) is 0 Å². The first kappa shape index (κ1) is 17.4. The van der Waals surface area contributed by atoms with Crippen LogP contribution in [0.4, 0.5) is 0 Å².